The van der Waals surface area contributed by atoms with Gasteiger partial charge in [0.2, 0.25) is 5.91 Å². The highest BCUT2D eigenvalue weighted by Crippen LogP contribution is 2.27. The molecule has 0 saturated heterocycles. The summed E-state index contributed by atoms with van der Waals surface area (Å²) in [7, 11) is -3.71. The minimum atomic E-state index is -3.71. The van der Waals surface area contributed by atoms with E-state index in [0.717, 1.165) is 6.54 Å². The van der Waals surface area contributed by atoms with Crippen LogP contribution in [0.5, 0.6) is 0 Å². The third kappa shape index (κ3) is 6.01. The van der Waals surface area contributed by atoms with Crippen molar-refractivity contribution in [3.8, 4) is 0 Å². The van der Waals surface area contributed by atoms with Crippen molar-refractivity contribution in [1.29, 1.82) is 0 Å². The van der Waals surface area contributed by atoms with Crippen LogP contribution in [0.2, 0.25) is 0 Å². The Morgan fingerprint density at radius 1 is 1.00 bits per heavy atom. The third-order valence-electron chi connectivity index (χ3n) is 3.87. The molecule has 0 aliphatic heterocycles. The molecule has 0 atom stereocenters. The van der Waals surface area contributed by atoms with Gasteiger partial charge in [0.15, 0.2) is 0 Å². The molecule has 0 radical (unpaired) electrons. The maximum Gasteiger partial charge on any atom is 0.261 e. The normalized spacial score (nSPS) is 13.5. The lowest BCUT2D eigenvalue weighted by Gasteiger charge is -2.10. The maximum atomic E-state index is 12.5. The summed E-state index contributed by atoms with van der Waals surface area (Å²) >= 11 is 0. The first-order valence-electron chi connectivity index (χ1n) is 8.21. The summed E-state index contributed by atoms with van der Waals surface area (Å²) in [5.41, 5.74) is 0.940. The number of nitrogens with one attached hydrogen (secondary N) is 3. The van der Waals surface area contributed by atoms with E-state index in [1.807, 2.05) is 6.07 Å². The van der Waals surface area contributed by atoms with Crippen molar-refractivity contribution in [3.05, 3.63) is 54.6 Å². The number of carbonyl (C=O) groups excluding carboxylic acids is 1. The van der Waals surface area contributed by atoms with E-state index in [0.29, 0.717) is 17.3 Å². The summed E-state index contributed by atoms with van der Waals surface area (Å²) < 4.78 is 27.4. The molecule has 3 rings (SSSR count). The molecule has 1 aliphatic carbocycles. The number of rotatable bonds is 8. The summed E-state index contributed by atoms with van der Waals surface area (Å²) in [5, 5.41) is 5.82. The molecule has 140 valence electrons. The summed E-state index contributed by atoms with van der Waals surface area (Å²) in [6.07, 6.45) is 2.45. The Morgan fingerprint density at radius 2 is 1.69 bits per heavy atom. The van der Waals surface area contributed by atoms with Crippen LogP contribution in [0.1, 0.15) is 12.8 Å². The minimum Gasteiger partial charge on any atom is -0.325 e. The number of halogens is 1. The van der Waals surface area contributed by atoms with Crippen LogP contribution in [-0.4, -0.2) is 27.4 Å². The van der Waals surface area contributed by atoms with E-state index >= 15 is 0 Å². The van der Waals surface area contributed by atoms with Gasteiger partial charge in [0.1, 0.15) is 0 Å². The topological polar surface area (TPSA) is 87.3 Å². The van der Waals surface area contributed by atoms with Crippen LogP contribution >= 0.6 is 12.4 Å². The lowest BCUT2D eigenvalue weighted by molar-refractivity contribution is -0.115. The lowest BCUT2D eigenvalue weighted by Crippen LogP contribution is -2.29. The molecule has 1 amide bonds. The number of hydrogen-bond acceptors (Lipinski definition) is 4. The number of amides is 1. The Bertz CT molecular complexity index is 840. The predicted molar refractivity (Wildman–Crippen MR) is 105 cm³/mol. The number of hydrogen-bond donors (Lipinski definition) is 3. The monoisotopic (exact) mass is 395 g/mol. The Hall–Kier alpha value is -2.09. The second kappa shape index (κ2) is 9.02. The zero-order valence-corrected chi connectivity index (χ0v) is 15.8. The van der Waals surface area contributed by atoms with Gasteiger partial charge in [-0.25, -0.2) is 8.42 Å². The number of para-hydroxylation sites is 1. The van der Waals surface area contributed by atoms with Crippen molar-refractivity contribution in [3.63, 3.8) is 0 Å². The second-order valence-electron chi connectivity index (χ2n) is 6.12. The van der Waals surface area contributed by atoms with Gasteiger partial charge in [-0.2, -0.15) is 0 Å². The van der Waals surface area contributed by atoms with Gasteiger partial charge in [-0.3, -0.25) is 9.52 Å². The summed E-state index contributed by atoms with van der Waals surface area (Å²) in [4.78, 5) is 12.0. The highest BCUT2D eigenvalue weighted by molar-refractivity contribution is 7.92. The van der Waals surface area contributed by atoms with Gasteiger partial charge in [0.05, 0.1) is 11.4 Å². The fourth-order valence-electron chi connectivity index (χ4n) is 2.38. The summed E-state index contributed by atoms with van der Waals surface area (Å²) in [6.45, 7) is 1.07. The van der Waals surface area contributed by atoms with Gasteiger partial charge in [0.25, 0.3) is 10.0 Å². The van der Waals surface area contributed by atoms with E-state index in [1.54, 1.807) is 36.4 Å². The SMILES string of the molecule is Cl.O=C(CNCC1CC1)Nc1cccc(S(=O)(=O)Nc2ccccc2)c1. The number of sulfonamides is 1. The van der Waals surface area contributed by atoms with Crippen molar-refractivity contribution in [2.75, 3.05) is 23.1 Å². The van der Waals surface area contributed by atoms with E-state index in [9.17, 15) is 13.2 Å². The standard InChI is InChI=1S/C18H21N3O3S.ClH/c22-18(13-19-12-14-9-10-14)20-16-7-4-8-17(11-16)25(23,24)21-15-5-2-1-3-6-15;/h1-8,11,14,19,21H,9-10,12-13H2,(H,20,22);1H. The van der Waals surface area contributed by atoms with Crippen molar-refractivity contribution in [1.82, 2.24) is 5.32 Å². The Kier molecular flexibility index (Phi) is 7.02. The largest absolute Gasteiger partial charge is 0.325 e. The van der Waals surface area contributed by atoms with Gasteiger partial charge in [-0.15, -0.1) is 12.4 Å². The molecule has 0 spiro atoms. The highest BCUT2D eigenvalue weighted by atomic mass is 35.5. The average Bonchev–Trinajstić information content (AvgIpc) is 3.40. The van der Waals surface area contributed by atoms with Crippen LogP contribution in [0.4, 0.5) is 11.4 Å². The molecule has 1 saturated carbocycles. The molecular weight excluding hydrogens is 374 g/mol. The van der Waals surface area contributed by atoms with Gasteiger partial charge in [0, 0.05) is 11.4 Å². The molecule has 1 aliphatic rings. The highest BCUT2D eigenvalue weighted by Gasteiger charge is 2.20. The second-order valence-corrected chi connectivity index (χ2v) is 7.80. The van der Waals surface area contributed by atoms with E-state index < -0.39 is 10.0 Å². The third-order valence-corrected chi connectivity index (χ3v) is 5.25. The van der Waals surface area contributed by atoms with E-state index in [4.69, 9.17) is 0 Å². The first-order chi connectivity index (χ1) is 12.0. The minimum absolute atomic E-state index is 0. The number of anilines is 2. The number of benzene rings is 2. The molecule has 0 aromatic heterocycles. The average molecular weight is 396 g/mol. The maximum absolute atomic E-state index is 12.5. The van der Waals surface area contributed by atoms with Crippen molar-refractivity contribution >= 4 is 39.7 Å². The van der Waals surface area contributed by atoms with Crippen LogP contribution in [0.3, 0.4) is 0 Å². The van der Waals surface area contributed by atoms with Gasteiger partial charge >= 0.3 is 0 Å². The predicted octanol–water partition coefficient (Wildman–Crippen LogP) is 2.85. The molecule has 2 aromatic carbocycles. The zero-order chi connectivity index (χ0) is 17.7. The molecule has 1 fully saturated rings. The molecule has 2 aromatic rings. The number of carbonyl (C=O) groups is 1. The van der Waals surface area contributed by atoms with Crippen molar-refractivity contribution in [2.45, 2.75) is 17.7 Å². The quantitative estimate of drug-likeness (QED) is 0.641. The first kappa shape index (κ1) is 20.2. The Balaban J connectivity index is 0.00000243. The van der Waals surface area contributed by atoms with E-state index in [1.165, 1.54) is 25.0 Å². The molecule has 0 bridgehead atoms. The smallest absolute Gasteiger partial charge is 0.261 e. The fourth-order valence-corrected chi connectivity index (χ4v) is 3.48. The van der Waals surface area contributed by atoms with Gasteiger partial charge in [-0.05, 0) is 55.6 Å². The Morgan fingerprint density at radius 3 is 2.38 bits per heavy atom. The van der Waals surface area contributed by atoms with E-state index in [-0.39, 0.29) is 29.8 Å². The van der Waals surface area contributed by atoms with E-state index in [2.05, 4.69) is 15.4 Å². The van der Waals surface area contributed by atoms with Crippen molar-refractivity contribution < 1.29 is 13.2 Å². The molecule has 0 heterocycles. The van der Waals surface area contributed by atoms with Crippen LogP contribution in [0, 0.1) is 5.92 Å². The van der Waals surface area contributed by atoms with Crippen molar-refractivity contribution in [2.24, 2.45) is 5.92 Å². The fraction of sp³-hybridized carbons (Fsp3) is 0.278. The molecule has 3 N–H and O–H groups in total. The summed E-state index contributed by atoms with van der Waals surface area (Å²) in [5.74, 6) is 0.511. The molecule has 26 heavy (non-hydrogen) atoms. The molecule has 8 heteroatoms. The van der Waals surface area contributed by atoms with Crippen LogP contribution in [0.25, 0.3) is 0 Å². The first-order valence-corrected chi connectivity index (χ1v) is 9.70. The summed E-state index contributed by atoms with van der Waals surface area (Å²) in [6, 6.07) is 14.9. The van der Waals surface area contributed by atoms with Gasteiger partial charge in [-0.1, -0.05) is 24.3 Å². The molecular formula is C18H22ClN3O3S. The van der Waals surface area contributed by atoms with Crippen LogP contribution in [-0.2, 0) is 14.8 Å². The van der Waals surface area contributed by atoms with Crippen LogP contribution in [0.15, 0.2) is 59.5 Å². The van der Waals surface area contributed by atoms with Gasteiger partial charge < -0.3 is 10.6 Å². The zero-order valence-electron chi connectivity index (χ0n) is 14.1. The Labute approximate surface area is 159 Å². The van der Waals surface area contributed by atoms with Crippen LogP contribution < -0.4 is 15.4 Å². The lowest BCUT2D eigenvalue weighted by atomic mass is 10.3. The molecule has 6 nitrogen and oxygen atoms in total. The molecule has 0 unspecified atom stereocenters.